The van der Waals surface area contributed by atoms with Gasteiger partial charge in [-0.25, -0.2) is 0 Å². The van der Waals surface area contributed by atoms with Gasteiger partial charge in [0.25, 0.3) is 7.82 Å². The first-order valence-electron chi connectivity index (χ1n) is 35.3. The maximum absolute atomic E-state index is 13.6. The van der Waals surface area contributed by atoms with Crippen molar-refractivity contribution in [3.8, 4) is 0 Å². The highest BCUT2D eigenvalue weighted by molar-refractivity contribution is 7.45. The second-order valence-corrected chi connectivity index (χ2v) is 26.8. The first kappa shape index (κ1) is 79.2. The van der Waals surface area contributed by atoms with Gasteiger partial charge in [-0.15, -0.1) is 0 Å². The van der Waals surface area contributed by atoms with Crippen molar-refractivity contribution < 1.29 is 37.3 Å². The third-order valence-electron chi connectivity index (χ3n) is 16.1. The van der Waals surface area contributed by atoms with Gasteiger partial charge in [0.1, 0.15) is 19.3 Å². The highest BCUT2D eigenvalue weighted by atomic mass is 31.2. The van der Waals surface area contributed by atoms with Crippen molar-refractivity contribution in [3.63, 3.8) is 0 Å². The van der Waals surface area contributed by atoms with Crippen LogP contribution in [-0.2, 0) is 27.9 Å². The average Bonchev–Trinajstić information content (AvgIpc) is 3.44. The van der Waals surface area contributed by atoms with E-state index in [1.165, 1.54) is 244 Å². The molecule has 0 aliphatic carbocycles. The Bertz CT molecular complexity index is 1480. The molecule has 0 spiro atoms. The number of carbonyl (C=O) groups excluding carboxylic acids is 2. The van der Waals surface area contributed by atoms with E-state index in [2.05, 4.69) is 50.4 Å². The molecule has 3 atom stereocenters. The van der Waals surface area contributed by atoms with Gasteiger partial charge in [0.15, 0.2) is 0 Å². The summed E-state index contributed by atoms with van der Waals surface area (Å²) < 4.78 is 30.4. The third kappa shape index (κ3) is 62.6. The van der Waals surface area contributed by atoms with Crippen LogP contribution >= 0.6 is 7.82 Å². The van der Waals surface area contributed by atoms with Crippen molar-refractivity contribution in [2.24, 2.45) is 0 Å². The monoisotopic (exact) mass is 1160 g/mol. The first-order chi connectivity index (χ1) is 39.4. The first-order valence-corrected chi connectivity index (χ1v) is 36.8. The van der Waals surface area contributed by atoms with E-state index in [-0.39, 0.29) is 31.5 Å². The predicted octanol–water partition coefficient (Wildman–Crippen LogP) is 21.6. The lowest BCUT2D eigenvalue weighted by Crippen LogP contribution is -2.47. The number of quaternary nitrogens is 1. The largest absolute Gasteiger partial charge is 0.756 e. The third-order valence-corrected chi connectivity index (χ3v) is 17.0. The Hall–Kier alpha value is -1.77. The van der Waals surface area contributed by atoms with Crippen molar-refractivity contribution in [3.05, 3.63) is 36.5 Å². The molecule has 0 aromatic carbocycles. The molecule has 0 bridgehead atoms. The number of allylic oxidation sites excluding steroid dienone is 5. The molecular formula is C71H137N2O7P. The average molecular weight is 1160 g/mol. The molecule has 0 aliphatic rings. The summed E-state index contributed by atoms with van der Waals surface area (Å²) in [5, 5.41) is 3.04. The fraction of sp³-hybridized carbons (Fsp3) is 0.887. The summed E-state index contributed by atoms with van der Waals surface area (Å²) in [6.07, 6.45) is 75.7. The van der Waals surface area contributed by atoms with Crippen LogP contribution in [-0.4, -0.2) is 69.4 Å². The van der Waals surface area contributed by atoms with Gasteiger partial charge in [0, 0.05) is 12.8 Å². The maximum atomic E-state index is 13.6. The summed E-state index contributed by atoms with van der Waals surface area (Å²) >= 11 is 0. The van der Waals surface area contributed by atoms with Gasteiger partial charge in [0.2, 0.25) is 5.91 Å². The zero-order valence-corrected chi connectivity index (χ0v) is 55.7. The van der Waals surface area contributed by atoms with Gasteiger partial charge < -0.3 is 28.5 Å². The zero-order chi connectivity index (χ0) is 59.3. The summed E-state index contributed by atoms with van der Waals surface area (Å²) in [4.78, 5) is 40.1. The van der Waals surface area contributed by atoms with Gasteiger partial charge in [-0.05, 0) is 63.9 Å². The normalized spacial score (nSPS) is 13.7. The van der Waals surface area contributed by atoms with Crippen LogP contribution in [0.15, 0.2) is 36.5 Å². The number of hydrogen-bond donors (Lipinski definition) is 1. The summed E-state index contributed by atoms with van der Waals surface area (Å²) in [5.41, 5.74) is 0. The van der Waals surface area contributed by atoms with Gasteiger partial charge in [-0.2, -0.15) is 0 Å². The molecule has 1 amide bonds. The Morgan fingerprint density at radius 3 is 1.14 bits per heavy atom. The number of likely N-dealkylation sites (N-methyl/N-ethyl adjacent to an activating group) is 1. The van der Waals surface area contributed by atoms with E-state index in [4.69, 9.17) is 13.8 Å². The highest BCUT2D eigenvalue weighted by Gasteiger charge is 2.27. The Balaban J connectivity index is 4.94. The van der Waals surface area contributed by atoms with Crippen LogP contribution in [0.3, 0.4) is 0 Å². The van der Waals surface area contributed by atoms with Crippen LogP contribution in [0.5, 0.6) is 0 Å². The molecule has 478 valence electrons. The van der Waals surface area contributed by atoms with Crippen molar-refractivity contribution in [1.82, 2.24) is 5.32 Å². The Kier molecular flexibility index (Phi) is 60.0. The second kappa shape index (κ2) is 61.3. The SMILES string of the molecule is CCCCC/C=C\C/C=C\CCCCCCCCCC(=O)NC(COP(=O)([O-])OCC[N+](C)(C)C)C(/C=C\CCCCCCCCCCC)OC(=O)CCCCCCCCCCCCCCCCCCCCCCCCCCCCC. The number of phosphoric ester groups is 1. The molecule has 9 nitrogen and oxygen atoms in total. The number of nitrogens with zero attached hydrogens (tertiary/aromatic N) is 1. The topological polar surface area (TPSA) is 114 Å². The van der Waals surface area contributed by atoms with Crippen LogP contribution in [0.25, 0.3) is 0 Å². The van der Waals surface area contributed by atoms with Crippen molar-refractivity contribution in [1.29, 1.82) is 0 Å². The number of esters is 1. The molecule has 0 fully saturated rings. The van der Waals surface area contributed by atoms with Crippen LogP contribution < -0.4 is 10.2 Å². The van der Waals surface area contributed by atoms with E-state index >= 15 is 0 Å². The lowest BCUT2D eigenvalue weighted by atomic mass is 10.0. The van der Waals surface area contributed by atoms with Gasteiger partial charge in [-0.3, -0.25) is 14.2 Å². The number of amides is 1. The van der Waals surface area contributed by atoms with Crippen LogP contribution in [0.4, 0.5) is 0 Å². The lowest BCUT2D eigenvalue weighted by molar-refractivity contribution is -0.870. The van der Waals surface area contributed by atoms with E-state index < -0.39 is 20.0 Å². The molecule has 0 saturated heterocycles. The molecule has 0 heterocycles. The smallest absolute Gasteiger partial charge is 0.306 e. The minimum absolute atomic E-state index is 0.0216. The van der Waals surface area contributed by atoms with E-state index in [1.807, 2.05) is 33.3 Å². The maximum Gasteiger partial charge on any atom is 0.306 e. The predicted molar refractivity (Wildman–Crippen MR) is 349 cm³/mol. The molecule has 0 radical (unpaired) electrons. The summed E-state index contributed by atoms with van der Waals surface area (Å²) in [7, 11) is 1.19. The summed E-state index contributed by atoms with van der Waals surface area (Å²) in [6.45, 7) is 6.86. The van der Waals surface area contributed by atoms with E-state index in [1.54, 1.807) is 0 Å². The molecule has 0 aliphatic heterocycles. The van der Waals surface area contributed by atoms with E-state index in [0.717, 1.165) is 77.0 Å². The molecule has 1 N–H and O–H groups in total. The quantitative estimate of drug-likeness (QED) is 0.0212. The Morgan fingerprint density at radius 2 is 0.753 bits per heavy atom. The lowest BCUT2D eigenvalue weighted by Gasteiger charge is -2.30. The standard InChI is InChI=1S/C71H137N2O7P/c1-7-10-13-16-19-22-25-27-29-31-32-33-34-35-36-37-38-39-40-42-44-46-49-52-55-58-61-64-71(75)80-69(62-59-56-53-50-47-24-21-18-15-12-9-3)68(67-79-81(76,77)78-66-65-73(4,5)6)72-70(74)63-60-57-54-51-48-45-43-41-30-28-26-23-20-17-14-11-8-2/h20,23,28,30,59,62,68-69H,7-19,21-22,24-27,29,31-58,60-61,63-67H2,1-6H3,(H-,72,74,76,77)/b23-20-,30-28-,62-59-. The fourth-order valence-electron chi connectivity index (χ4n) is 10.6. The van der Waals surface area contributed by atoms with E-state index in [0.29, 0.717) is 17.4 Å². The van der Waals surface area contributed by atoms with Crippen molar-refractivity contribution >= 4 is 19.7 Å². The summed E-state index contributed by atoms with van der Waals surface area (Å²) in [5.74, 6) is -0.533. The Labute approximate surface area is 504 Å². The van der Waals surface area contributed by atoms with Gasteiger partial charge >= 0.3 is 5.97 Å². The van der Waals surface area contributed by atoms with E-state index in [9.17, 15) is 19.0 Å². The minimum atomic E-state index is -4.70. The highest BCUT2D eigenvalue weighted by Crippen LogP contribution is 2.38. The molecule has 0 rings (SSSR count). The number of carbonyl (C=O) groups is 2. The van der Waals surface area contributed by atoms with Crippen LogP contribution in [0.1, 0.15) is 355 Å². The molecule has 0 aromatic heterocycles. The molecule has 81 heavy (non-hydrogen) atoms. The van der Waals surface area contributed by atoms with Gasteiger partial charge in [0.05, 0.1) is 33.8 Å². The number of hydrogen-bond acceptors (Lipinski definition) is 7. The number of rotatable bonds is 65. The zero-order valence-electron chi connectivity index (χ0n) is 54.8. The number of phosphoric acid groups is 1. The molecule has 3 unspecified atom stereocenters. The number of unbranched alkanes of at least 4 members (excludes halogenated alkanes) is 45. The number of nitrogens with one attached hydrogen (secondary N) is 1. The Morgan fingerprint density at radius 1 is 0.432 bits per heavy atom. The molecule has 10 heteroatoms. The summed E-state index contributed by atoms with van der Waals surface area (Å²) in [6, 6.07) is -0.889. The van der Waals surface area contributed by atoms with Crippen LogP contribution in [0.2, 0.25) is 0 Å². The molecule has 0 saturated carbocycles. The van der Waals surface area contributed by atoms with Crippen LogP contribution in [0, 0.1) is 0 Å². The van der Waals surface area contributed by atoms with Crippen molar-refractivity contribution in [2.75, 3.05) is 40.9 Å². The fourth-order valence-corrected chi connectivity index (χ4v) is 11.3. The molecule has 0 aromatic rings. The second-order valence-electron chi connectivity index (χ2n) is 25.4. The van der Waals surface area contributed by atoms with Crippen molar-refractivity contribution in [2.45, 2.75) is 367 Å². The number of ether oxygens (including phenoxy) is 1. The van der Waals surface area contributed by atoms with Gasteiger partial charge in [-0.1, -0.05) is 314 Å². The minimum Gasteiger partial charge on any atom is -0.756 e. The molecular weight excluding hydrogens is 1020 g/mol.